The summed E-state index contributed by atoms with van der Waals surface area (Å²) in [5, 5.41) is 9.04. The van der Waals surface area contributed by atoms with Gasteiger partial charge in [-0.05, 0) is 24.3 Å². The summed E-state index contributed by atoms with van der Waals surface area (Å²) in [4.78, 5) is 0. The molecule has 0 heterocycles. The predicted molar refractivity (Wildman–Crippen MR) is 58.1 cm³/mol. The van der Waals surface area contributed by atoms with Crippen LogP contribution in [0.15, 0.2) is 24.3 Å². The molecular formula is C11H17NO3. The normalized spacial score (nSPS) is 10.2. The number of hydrogen-bond acceptors (Lipinski definition) is 4. The maximum Gasteiger partial charge on any atom is 0.119 e. The SMILES string of the molecule is NCCOCCCOc1ccc(O)cc1. The highest BCUT2D eigenvalue weighted by Gasteiger charge is 1.94. The summed E-state index contributed by atoms with van der Waals surface area (Å²) in [6, 6.07) is 6.66. The molecule has 0 aliphatic rings. The van der Waals surface area contributed by atoms with Crippen molar-refractivity contribution in [3.8, 4) is 11.5 Å². The number of rotatable bonds is 7. The van der Waals surface area contributed by atoms with E-state index in [-0.39, 0.29) is 5.75 Å². The van der Waals surface area contributed by atoms with Gasteiger partial charge in [-0.25, -0.2) is 0 Å². The Labute approximate surface area is 89.6 Å². The second-order valence-corrected chi connectivity index (χ2v) is 3.10. The van der Waals surface area contributed by atoms with E-state index >= 15 is 0 Å². The Kier molecular flexibility index (Phi) is 5.58. The lowest BCUT2D eigenvalue weighted by Crippen LogP contribution is -2.10. The van der Waals surface area contributed by atoms with E-state index in [4.69, 9.17) is 20.3 Å². The quantitative estimate of drug-likeness (QED) is 0.664. The molecule has 3 N–H and O–H groups in total. The van der Waals surface area contributed by atoms with E-state index in [9.17, 15) is 0 Å². The molecule has 1 aromatic carbocycles. The molecule has 0 radical (unpaired) electrons. The first-order valence-corrected chi connectivity index (χ1v) is 5.02. The van der Waals surface area contributed by atoms with E-state index < -0.39 is 0 Å². The summed E-state index contributed by atoms with van der Waals surface area (Å²) < 4.78 is 10.6. The first kappa shape index (κ1) is 11.8. The van der Waals surface area contributed by atoms with Crippen LogP contribution < -0.4 is 10.5 Å². The Morgan fingerprint density at radius 1 is 1.07 bits per heavy atom. The fraction of sp³-hybridized carbons (Fsp3) is 0.455. The molecule has 0 atom stereocenters. The first-order chi connectivity index (χ1) is 7.33. The van der Waals surface area contributed by atoms with Crippen molar-refractivity contribution in [1.82, 2.24) is 0 Å². The highest BCUT2D eigenvalue weighted by molar-refractivity contribution is 5.29. The number of nitrogens with two attached hydrogens (primary N) is 1. The van der Waals surface area contributed by atoms with E-state index in [1.54, 1.807) is 24.3 Å². The van der Waals surface area contributed by atoms with Crippen LogP contribution in [-0.4, -0.2) is 31.5 Å². The molecule has 0 aliphatic carbocycles. The lowest BCUT2D eigenvalue weighted by molar-refractivity contribution is 0.126. The van der Waals surface area contributed by atoms with Gasteiger partial charge in [-0.3, -0.25) is 0 Å². The van der Waals surface area contributed by atoms with Crippen LogP contribution in [-0.2, 0) is 4.74 Å². The standard InChI is InChI=1S/C11H17NO3/c12-6-9-14-7-1-8-15-11-4-2-10(13)3-5-11/h2-5,13H,1,6-9,12H2. The molecule has 84 valence electrons. The van der Waals surface area contributed by atoms with Crippen LogP contribution >= 0.6 is 0 Å². The number of benzene rings is 1. The van der Waals surface area contributed by atoms with Gasteiger partial charge in [0.25, 0.3) is 0 Å². The molecule has 0 fully saturated rings. The fourth-order valence-electron chi connectivity index (χ4n) is 1.08. The van der Waals surface area contributed by atoms with Gasteiger partial charge in [0.1, 0.15) is 11.5 Å². The molecule has 1 aromatic rings. The Morgan fingerprint density at radius 3 is 2.47 bits per heavy atom. The van der Waals surface area contributed by atoms with Crippen LogP contribution in [0, 0.1) is 0 Å². The molecule has 4 heteroatoms. The lowest BCUT2D eigenvalue weighted by atomic mass is 10.3. The zero-order valence-electron chi connectivity index (χ0n) is 8.69. The molecule has 0 bridgehead atoms. The molecule has 15 heavy (non-hydrogen) atoms. The van der Waals surface area contributed by atoms with Crippen molar-refractivity contribution in [2.45, 2.75) is 6.42 Å². The topological polar surface area (TPSA) is 64.7 Å². The van der Waals surface area contributed by atoms with Crippen molar-refractivity contribution in [2.24, 2.45) is 5.73 Å². The first-order valence-electron chi connectivity index (χ1n) is 5.02. The molecule has 0 amide bonds. The van der Waals surface area contributed by atoms with Crippen molar-refractivity contribution in [1.29, 1.82) is 0 Å². The van der Waals surface area contributed by atoms with Crippen LogP contribution in [0.1, 0.15) is 6.42 Å². The van der Waals surface area contributed by atoms with E-state index in [1.807, 2.05) is 0 Å². The van der Waals surface area contributed by atoms with Crippen molar-refractivity contribution in [2.75, 3.05) is 26.4 Å². The highest BCUT2D eigenvalue weighted by atomic mass is 16.5. The average molecular weight is 211 g/mol. The van der Waals surface area contributed by atoms with Gasteiger partial charge in [-0.1, -0.05) is 0 Å². The largest absolute Gasteiger partial charge is 0.508 e. The molecular weight excluding hydrogens is 194 g/mol. The Morgan fingerprint density at radius 2 is 1.80 bits per heavy atom. The number of ether oxygens (including phenoxy) is 2. The van der Waals surface area contributed by atoms with Gasteiger partial charge in [-0.15, -0.1) is 0 Å². The fourth-order valence-corrected chi connectivity index (χ4v) is 1.08. The molecule has 0 spiro atoms. The minimum Gasteiger partial charge on any atom is -0.508 e. The van der Waals surface area contributed by atoms with Crippen LogP contribution in [0.3, 0.4) is 0 Å². The Balaban J connectivity index is 2.07. The summed E-state index contributed by atoms with van der Waals surface area (Å²) >= 11 is 0. The van der Waals surface area contributed by atoms with Crippen LogP contribution in [0.2, 0.25) is 0 Å². The smallest absolute Gasteiger partial charge is 0.119 e. The van der Waals surface area contributed by atoms with Gasteiger partial charge < -0.3 is 20.3 Å². The predicted octanol–water partition coefficient (Wildman–Crippen LogP) is 1.14. The van der Waals surface area contributed by atoms with Gasteiger partial charge in [-0.2, -0.15) is 0 Å². The third kappa shape index (κ3) is 5.24. The monoisotopic (exact) mass is 211 g/mol. The second kappa shape index (κ2) is 7.09. The molecule has 1 rings (SSSR count). The van der Waals surface area contributed by atoms with Gasteiger partial charge in [0.05, 0.1) is 13.2 Å². The van der Waals surface area contributed by atoms with Gasteiger partial charge in [0.15, 0.2) is 0 Å². The zero-order valence-corrected chi connectivity index (χ0v) is 8.69. The van der Waals surface area contributed by atoms with Gasteiger partial charge in [0.2, 0.25) is 0 Å². The summed E-state index contributed by atoms with van der Waals surface area (Å²) in [5.74, 6) is 1.00. The minimum atomic E-state index is 0.244. The van der Waals surface area contributed by atoms with Crippen LogP contribution in [0.25, 0.3) is 0 Å². The number of aromatic hydroxyl groups is 1. The van der Waals surface area contributed by atoms with Crippen LogP contribution in [0.4, 0.5) is 0 Å². The number of phenols is 1. The summed E-state index contributed by atoms with van der Waals surface area (Å²) in [5.41, 5.74) is 5.27. The van der Waals surface area contributed by atoms with E-state index in [2.05, 4.69) is 0 Å². The Bertz CT molecular complexity index is 261. The molecule has 0 saturated heterocycles. The summed E-state index contributed by atoms with van der Waals surface area (Å²) in [6.45, 7) is 2.42. The highest BCUT2D eigenvalue weighted by Crippen LogP contribution is 2.15. The summed E-state index contributed by atoms with van der Waals surface area (Å²) in [7, 11) is 0. The lowest BCUT2D eigenvalue weighted by Gasteiger charge is -2.06. The summed E-state index contributed by atoms with van der Waals surface area (Å²) in [6.07, 6.45) is 0.834. The van der Waals surface area contributed by atoms with E-state index in [1.165, 1.54) is 0 Å². The second-order valence-electron chi connectivity index (χ2n) is 3.10. The van der Waals surface area contributed by atoms with Crippen molar-refractivity contribution < 1.29 is 14.6 Å². The van der Waals surface area contributed by atoms with Gasteiger partial charge >= 0.3 is 0 Å². The Hall–Kier alpha value is -1.26. The van der Waals surface area contributed by atoms with Crippen molar-refractivity contribution >= 4 is 0 Å². The van der Waals surface area contributed by atoms with Crippen molar-refractivity contribution in [3.63, 3.8) is 0 Å². The third-order valence-corrected chi connectivity index (χ3v) is 1.80. The molecule has 0 aliphatic heterocycles. The molecule has 4 nitrogen and oxygen atoms in total. The zero-order chi connectivity index (χ0) is 10.9. The number of phenolic OH excluding ortho intramolecular Hbond substituents is 1. The average Bonchev–Trinajstić information content (AvgIpc) is 2.26. The maximum absolute atomic E-state index is 9.04. The minimum absolute atomic E-state index is 0.244. The number of hydrogen-bond donors (Lipinski definition) is 2. The van der Waals surface area contributed by atoms with Crippen LogP contribution in [0.5, 0.6) is 11.5 Å². The van der Waals surface area contributed by atoms with Crippen molar-refractivity contribution in [3.05, 3.63) is 24.3 Å². The molecule has 0 unspecified atom stereocenters. The van der Waals surface area contributed by atoms with E-state index in [0.29, 0.717) is 26.4 Å². The molecule has 0 saturated carbocycles. The van der Waals surface area contributed by atoms with Gasteiger partial charge in [0, 0.05) is 19.6 Å². The third-order valence-electron chi connectivity index (χ3n) is 1.80. The van der Waals surface area contributed by atoms with E-state index in [0.717, 1.165) is 12.2 Å². The molecule has 0 aromatic heterocycles. The maximum atomic E-state index is 9.04.